The van der Waals surface area contributed by atoms with Crippen molar-refractivity contribution in [1.29, 1.82) is 5.26 Å². The second-order valence-electron chi connectivity index (χ2n) is 4.65. The molecule has 0 heterocycles. The Labute approximate surface area is 110 Å². The molecule has 2 heteroatoms. The van der Waals surface area contributed by atoms with Crippen LogP contribution < -0.4 is 0 Å². The summed E-state index contributed by atoms with van der Waals surface area (Å²) in [5.41, 5.74) is 0.821. The molecule has 0 amide bonds. The Morgan fingerprint density at radius 3 is 2.17 bits per heavy atom. The van der Waals surface area contributed by atoms with Gasteiger partial charge in [-0.2, -0.15) is 5.26 Å². The summed E-state index contributed by atoms with van der Waals surface area (Å²) in [5, 5.41) is 9.26. The van der Waals surface area contributed by atoms with E-state index in [1.807, 2.05) is 30.3 Å². The number of Topliss-reactive ketones (excluding diaryl/α,β-unsaturated/α-hetero) is 1. The fourth-order valence-electron chi connectivity index (χ4n) is 2.31. The Balaban J connectivity index is 2.88. The van der Waals surface area contributed by atoms with Crippen molar-refractivity contribution < 1.29 is 4.79 Å². The van der Waals surface area contributed by atoms with Crippen molar-refractivity contribution >= 4 is 5.78 Å². The van der Waals surface area contributed by atoms with Crippen LogP contribution in [0.3, 0.4) is 0 Å². The molecule has 0 aliphatic heterocycles. The molecule has 0 aliphatic carbocycles. The van der Waals surface area contributed by atoms with Crippen LogP contribution in [-0.4, -0.2) is 5.78 Å². The molecule has 0 aliphatic rings. The number of hydrogen-bond acceptors (Lipinski definition) is 2. The molecule has 0 spiro atoms. The average molecular weight is 243 g/mol. The Morgan fingerprint density at radius 1 is 1.17 bits per heavy atom. The van der Waals surface area contributed by atoms with Crippen LogP contribution in [0.15, 0.2) is 30.3 Å². The van der Waals surface area contributed by atoms with Crippen molar-refractivity contribution in [3.8, 4) is 6.07 Å². The summed E-state index contributed by atoms with van der Waals surface area (Å²) in [6.07, 6.45) is 3.75. The molecule has 96 valence electrons. The molecule has 0 N–H and O–H groups in total. The van der Waals surface area contributed by atoms with Crippen molar-refractivity contribution in [1.82, 2.24) is 0 Å². The number of carbonyl (C=O) groups is 1. The third kappa shape index (κ3) is 3.70. The number of rotatable bonds is 7. The van der Waals surface area contributed by atoms with E-state index in [2.05, 4.69) is 19.9 Å². The van der Waals surface area contributed by atoms with Gasteiger partial charge in [0, 0.05) is 5.92 Å². The van der Waals surface area contributed by atoms with Crippen LogP contribution in [0.1, 0.15) is 51.0 Å². The lowest BCUT2D eigenvalue weighted by molar-refractivity contribution is -0.123. The number of nitrogens with zero attached hydrogens (tertiary/aromatic N) is 1. The summed E-state index contributed by atoms with van der Waals surface area (Å²) in [4.78, 5) is 12.4. The average Bonchev–Trinajstić information content (AvgIpc) is 2.40. The van der Waals surface area contributed by atoms with Gasteiger partial charge in [-0.3, -0.25) is 4.79 Å². The summed E-state index contributed by atoms with van der Waals surface area (Å²) in [5.74, 6) is -0.480. The summed E-state index contributed by atoms with van der Waals surface area (Å²) in [6.45, 7) is 4.17. The Hall–Kier alpha value is -1.62. The zero-order chi connectivity index (χ0) is 13.4. The van der Waals surface area contributed by atoms with Gasteiger partial charge in [-0.25, -0.2) is 0 Å². The normalized spacial score (nSPS) is 12.1. The molecule has 0 saturated carbocycles. The maximum absolute atomic E-state index is 12.4. The minimum absolute atomic E-state index is 0.0323. The van der Waals surface area contributed by atoms with Gasteiger partial charge in [0.25, 0.3) is 0 Å². The summed E-state index contributed by atoms with van der Waals surface area (Å²) >= 11 is 0. The number of hydrogen-bond donors (Lipinski definition) is 0. The topological polar surface area (TPSA) is 40.9 Å². The highest BCUT2D eigenvalue weighted by atomic mass is 16.1. The lowest BCUT2D eigenvalue weighted by atomic mass is 9.84. The van der Waals surface area contributed by atoms with Crippen LogP contribution in [0.25, 0.3) is 0 Å². The van der Waals surface area contributed by atoms with E-state index in [1.54, 1.807) is 0 Å². The van der Waals surface area contributed by atoms with E-state index in [-0.39, 0.29) is 11.7 Å². The molecule has 0 fully saturated rings. The predicted molar refractivity (Wildman–Crippen MR) is 73.1 cm³/mol. The van der Waals surface area contributed by atoms with Gasteiger partial charge in [-0.15, -0.1) is 0 Å². The Kier molecular flexibility index (Phi) is 6.14. The van der Waals surface area contributed by atoms with Crippen LogP contribution in [-0.2, 0) is 4.79 Å². The number of carbonyl (C=O) groups excluding carboxylic acids is 1. The second kappa shape index (κ2) is 7.66. The Morgan fingerprint density at radius 2 is 1.72 bits per heavy atom. The van der Waals surface area contributed by atoms with Gasteiger partial charge < -0.3 is 0 Å². The molecule has 1 atom stereocenters. The van der Waals surface area contributed by atoms with E-state index < -0.39 is 5.92 Å². The molecule has 0 saturated heterocycles. The predicted octanol–water partition coefficient (Wildman–Crippen LogP) is 4.08. The van der Waals surface area contributed by atoms with Crippen molar-refractivity contribution in [2.75, 3.05) is 0 Å². The zero-order valence-corrected chi connectivity index (χ0v) is 11.2. The van der Waals surface area contributed by atoms with Gasteiger partial charge in [0.15, 0.2) is 5.78 Å². The maximum Gasteiger partial charge on any atom is 0.157 e. The third-order valence-electron chi connectivity index (χ3n) is 3.22. The first-order valence-corrected chi connectivity index (χ1v) is 6.72. The van der Waals surface area contributed by atoms with Gasteiger partial charge in [0.05, 0.1) is 6.07 Å². The van der Waals surface area contributed by atoms with Crippen LogP contribution in [0, 0.1) is 17.2 Å². The number of ketones is 1. The summed E-state index contributed by atoms with van der Waals surface area (Å²) in [6, 6.07) is 11.5. The lowest BCUT2D eigenvalue weighted by Crippen LogP contribution is -2.21. The first-order chi connectivity index (χ1) is 8.74. The molecule has 18 heavy (non-hydrogen) atoms. The molecule has 0 radical (unpaired) electrons. The van der Waals surface area contributed by atoms with E-state index in [4.69, 9.17) is 0 Å². The molecular formula is C16H21NO. The Bertz CT molecular complexity index is 399. The number of nitriles is 1. The van der Waals surface area contributed by atoms with Crippen LogP contribution in [0.2, 0.25) is 0 Å². The molecule has 2 nitrogen and oxygen atoms in total. The molecule has 1 aromatic rings. The van der Waals surface area contributed by atoms with Crippen LogP contribution in [0.5, 0.6) is 0 Å². The summed E-state index contributed by atoms with van der Waals surface area (Å²) < 4.78 is 0. The molecule has 0 bridgehead atoms. The van der Waals surface area contributed by atoms with Crippen LogP contribution >= 0.6 is 0 Å². The number of benzene rings is 1. The minimum Gasteiger partial charge on any atom is -0.298 e. The van der Waals surface area contributed by atoms with Crippen LogP contribution in [0.4, 0.5) is 0 Å². The fraction of sp³-hybridized carbons (Fsp3) is 0.500. The second-order valence-corrected chi connectivity index (χ2v) is 4.65. The van der Waals surface area contributed by atoms with E-state index in [0.717, 1.165) is 31.2 Å². The van der Waals surface area contributed by atoms with Gasteiger partial charge in [-0.05, 0) is 18.4 Å². The molecule has 1 rings (SSSR count). The maximum atomic E-state index is 12.4. The van der Waals surface area contributed by atoms with Crippen molar-refractivity contribution in [3.63, 3.8) is 0 Å². The first kappa shape index (κ1) is 14.4. The monoisotopic (exact) mass is 243 g/mol. The molecular weight excluding hydrogens is 222 g/mol. The highest BCUT2D eigenvalue weighted by Crippen LogP contribution is 2.25. The standard InChI is InChI=1S/C16H21NO/c1-3-8-14(9-4-2)16(18)15(12-17)13-10-6-5-7-11-13/h5-7,10-11,14-15H,3-4,8-9H2,1-2H3. The highest BCUT2D eigenvalue weighted by Gasteiger charge is 2.26. The van der Waals surface area contributed by atoms with Crippen molar-refractivity contribution in [2.24, 2.45) is 5.92 Å². The van der Waals surface area contributed by atoms with E-state index in [0.29, 0.717) is 0 Å². The fourth-order valence-corrected chi connectivity index (χ4v) is 2.31. The molecule has 1 unspecified atom stereocenters. The molecule has 1 aromatic carbocycles. The van der Waals surface area contributed by atoms with Gasteiger partial charge >= 0.3 is 0 Å². The van der Waals surface area contributed by atoms with E-state index in [1.165, 1.54) is 0 Å². The van der Waals surface area contributed by atoms with E-state index >= 15 is 0 Å². The smallest absolute Gasteiger partial charge is 0.157 e. The van der Waals surface area contributed by atoms with Gasteiger partial charge in [0.1, 0.15) is 5.92 Å². The van der Waals surface area contributed by atoms with Gasteiger partial charge in [-0.1, -0.05) is 57.0 Å². The van der Waals surface area contributed by atoms with Crippen molar-refractivity contribution in [2.45, 2.75) is 45.4 Å². The largest absolute Gasteiger partial charge is 0.298 e. The quantitative estimate of drug-likeness (QED) is 0.724. The zero-order valence-electron chi connectivity index (χ0n) is 11.2. The third-order valence-corrected chi connectivity index (χ3v) is 3.22. The SMILES string of the molecule is CCCC(CCC)C(=O)C(C#N)c1ccccc1. The van der Waals surface area contributed by atoms with E-state index in [9.17, 15) is 10.1 Å². The highest BCUT2D eigenvalue weighted by molar-refractivity contribution is 5.90. The minimum atomic E-state index is -0.603. The van der Waals surface area contributed by atoms with Crippen molar-refractivity contribution in [3.05, 3.63) is 35.9 Å². The first-order valence-electron chi connectivity index (χ1n) is 6.72. The van der Waals surface area contributed by atoms with Gasteiger partial charge in [0.2, 0.25) is 0 Å². The summed E-state index contributed by atoms with van der Waals surface area (Å²) in [7, 11) is 0. The lowest BCUT2D eigenvalue weighted by Gasteiger charge is -2.17. The molecule has 0 aromatic heterocycles.